The molecular formula is C14H18ClNO. The largest absolute Gasteiger partial charge is 0.489 e. The van der Waals surface area contributed by atoms with Crippen LogP contribution in [0, 0.1) is 0 Å². The molecule has 1 saturated heterocycles. The van der Waals surface area contributed by atoms with Crippen LogP contribution in [0.1, 0.15) is 37.2 Å². The molecule has 1 aliphatic heterocycles. The lowest BCUT2D eigenvalue weighted by Crippen LogP contribution is -2.28. The fourth-order valence-corrected chi connectivity index (χ4v) is 2.60. The van der Waals surface area contributed by atoms with Gasteiger partial charge in [-0.3, -0.25) is 0 Å². The van der Waals surface area contributed by atoms with Crippen molar-refractivity contribution in [2.45, 2.75) is 37.7 Å². The minimum absolute atomic E-state index is 0.412. The Bertz CT molecular complexity index is 397. The van der Waals surface area contributed by atoms with Crippen molar-refractivity contribution in [2.24, 2.45) is 0 Å². The quantitative estimate of drug-likeness (QED) is 0.890. The van der Waals surface area contributed by atoms with Crippen molar-refractivity contribution in [3.63, 3.8) is 0 Å². The molecule has 0 radical (unpaired) electrons. The number of benzene rings is 1. The van der Waals surface area contributed by atoms with Crippen LogP contribution in [-0.4, -0.2) is 19.2 Å². The first-order valence-electron chi connectivity index (χ1n) is 6.50. The SMILES string of the molecule is Clc1cc(C2CCCNC2)ccc1OC1CC1. The van der Waals surface area contributed by atoms with Crippen molar-refractivity contribution in [2.75, 3.05) is 13.1 Å². The highest BCUT2D eigenvalue weighted by Gasteiger charge is 2.24. The first-order valence-corrected chi connectivity index (χ1v) is 6.87. The Labute approximate surface area is 107 Å². The zero-order valence-corrected chi connectivity index (χ0v) is 10.7. The van der Waals surface area contributed by atoms with Gasteiger partial charge in [-0.25, -0.2) is 0 Å². The second kappa shape index (κ2) is 4.87. The van der Waals surface area contributed by atoms with E-state index in [-0.39, 0.29) is 0 Å². The van der Waals surface area contributed by atoms with Gasteiger partial charge >= 0.3 is 0 Å². The number of hydrogen-bond acceptors (Lipinski definition) is 2. The zero-order valence-electron chi connectivity index (χ0n) is 9.92. The molecule has 0 amide bonds. The average molecular weight is 252 g/mol. The number of halogens is 1. The molecule has 0 spiro atoms. The van der Waals surface area contributed by atoms with Crippen LogP contribution in [-0.2, 0) is 0 Å². The fraction of sp³-hybridized carbons (Fsp3) is 0.571. The molecule has 2 aliphatic rings. The maximum atomic E-state index is 6.28. The summed E-state index contributed by atoms with van der Waals surface area (Å²) in [5.41, 5.74) is 1.34. The van der Waals surface area contributed by atoms with Gasteiger partial charge in [0.1, 0.15) is 5.75 Å². The van der Waals surface area contributed by atoms with E-state index in [9.17, 15) is 0 Å². The van der Waals surface area contributed by atoms with Crippen LogP contribution >= 0.6 is 11.6 Å². The van der Waals surface area contributed by atoms with Gasteiger partial charge in [-0.15, -0.1) is 0 Å². The lowest BCUT2D eigenvalue weighted by Gasteiger charge is -2.23. The Morgan fingerprint density at radius 3 is 2.76 bits per heavy atom. The topological polar surface area (TPSA) is 21.3 Å². The van der Waals surface area contributed by atoms with E-state index < -0.39 is 0 Å². The first-order chi connectivity index (χ1) is 8.33. The van der Waals surface area contributed by atoms with E-state index in [2.05, 4.69) is 17.4 Å². The fourth-order valence-electron chi connectivity index (χ4n) is 2.37. The second-order valence-electron chi connectivity index (χ2n) is 5.05. The summed E-state index contributed by atoms with van der Waals surface area (Å²) in [5, 5.41) is 4.20. The molecule has 3 rings (SSSR count). The molecule has 1 saturated carbocycles. The van der Waals surface area contributed by atoms with E-state index in [0.717, 1.165) is 23.9 Å². The summed E-state index contributed by atoms with van der Waals surface area (Å²) in [6.07, 6.45) is 5.26. The molecule has 1 aromatic rings. The minimum atomic E-state index is 0.412. The van der Waals surface area contributed by atoms with Crippen LogP contribution in [0.2, 0.25) is 5.02 Å². The van der Waals surface area contributed by atoms with Crippen LogP contribution in [0.15, 0.2) is 18.2 Å². The predicted molar refractivity (Wildman–Crippen MR) is 69.9 cm³/mol. The summed E-state index contributed by atoms with van der Waals surface area (Å²) in [4.78, 5) is 0. The third-order valence-corrected chi connectivity index (χ3v) is 3.84. The summed E-state index contributed by atoms with van der Waals surface area (Å²) in [6.45, 7) is 2.21. The summed E-state index contributed by atoms with van der Waals surface area (Å²) >= 11 is 6.28. The Hall–Kier alpha value is -0.730. The number of piperidine rings is 1. The maximum absolute atomic E-state index is 6.28. The molecule has 1 N–H and O–H groups in total. The van der Waals surface area contributed by atoms with Crippen molar-refractivity contribution in [1.82, 2.24) is 5.32 Å². The molecule has 1 heterocycles. The highest BCUT2D eigenvalue weighted by molar-refractivity contribution is 6.32. The summed E-state index contributed by atoms with van der Waals surface area (Å²) in [7, 11) is 0. The third kappa shape index (κ3) is 2.75. The van der Waals surface area contributed by atoms with E-state index in [4.69, 9.17) is 16.3 Å². The van der Waals surface area contributed by atoms with Gasteiger partial charge in [0.2, 0.25) is 0 Å². The van der Waals surface area contributed by atoms with E-state index in [1.54, 1.807) is 0 Å². The van der Waals surface area contributed by atoms with E-state index in [0.29, 0.717) is 12.0 Å². The van der Waals surface area contributed by atoms with Crippen molar-refractivity contribution < 1.29 is 4.74 Å². The standard InChI is InChI=1S/C14H18ClNO/c15-13-8-10(11-2-1-7-16-9-11)3-6-14(13)17-12-4-5-12/h3,6,8,11-12,16H,1-2,4-5,7,9H2. The van der Waals surface area contributed by atoms with Crippen LogP contribution in [0.3, 0.4) is 0 Å². The molecule has 3 heteroatoms. The molecule has 1 atom stereocenters. The van der Waals surface area contributed by atoms with Gasteiger partial charge in [0.25, 0.3) is 0 Å². The molecule has 0 aromatic heterocycles. The molecule has 2 fully saturated rings. The molecule has 1 unspecified atom stereocenters. The van der Waals surface area contributed by atoms with Gasteiger partial charge in [0.15, 0.2) is 0 Å². The first kappa shape index (κ1) is 11.4. The molecule has 0 bridgehead atoms. The van der Waals surface area contributed by atoms with Crippen LogP contribution < -0.4 is 10.1 Å². The van der Waals surface area contributed by atoms with Crippen molar-refractivity contribution >= 4 is 11.6 Å². The molecule has 2 nitrogen and oxygen atoms in total. The van der Waals surface area contributed by atoms with Gasteiger partial charge in [0, 0.05) is 6.54 Å². The zero-order chi connectivity index (χ0) is 11.7. The summed E-state index contributed by atoms with van der Waals surface area (Å²) in [5.74, 6) is 1.46. The molecule has 1 aromatic carbocycles. The van der Waals surface area contributed by atoms with Crippen molar-refractivity contribution in [3.8, 4) is 5.75 Å². The van der Waals surface area contributed by atoms with E-state index in [1.165, 1.54) is 31.2 Å². The smallest absolute Gasteiger partial charge is 0.138 e. The monoisotopic (exact) mass is 251 g/mol. The van der Waals surface area contributed by atoms with Gasteiger partial charge < -0.3 is 10.1 Å². The molecule has 92 valence electrons. The Kier molecular flexibility index (Phi) is 3.26. The Balaban J connectivity index is 1.74. The molecule has 1 aliphatic carbocycles. The van der Waals surface area contributed by atoms with Gasteiger partial charge in [-0.1, -0.05) is 17.7 Å². The van der Waals surface area contributed by atoms with E-state index in [1.807, 2.05) is 6.07 Å². The van der Waals surface area contributed by atoms with Crippen molar-refractivity contribution in [3.05, 3.63) is 28.8 Å². The highest BCUT2D eigenvalue weighted by Crippen LogP contribution is 2.34. The highest BCUT2D eigenvalue weighted by atomic mass is 35.5. The van der Waals surface area contributed by atoms with Crippen LogP contribution in [0.5, 0.6) is 5.75 Å². The normalized spacial score (nSPS) is 24.6. The number of hydrogen-bond donors (Lipinski definition) is 1. The second-order valence-corrected chi connectivity index (χ2v) is 5.46. The minimum Gasteiger partial charge on any atom is -0.489 e. The van der Waals surface area contributed by atoms with Gasteiger partial charge in [-0.2, -0.15) is 0 Å². The lowest BCUT2D eigenvalue weighted by atomic mass is 9.92. The lowest BCUT2D eigenvalue weighted by molar-refractivity contribution is 0.303. The summed E-state index contributed by atoms with van der Waals surface area (Å²) < 4.78 is 5.75. The van der Waals surface area contributed by atoms with Gasteiger partial charge in [0.05, 0.1) is 11.1 Å². The number of rotatable bonds is 3. The number of ether oxygens (including phenoxy) is 1. The van der Waals surface area contributed by atoms with Crippen LogP contribution in [0.25, 0.3) is 0 Å². The summed E-state index contributed by atoms with van der Waals surface area (Å²) in [6, 6.07) is 6.28. The molecule has 17 heavy (non-hydrogen) atoms. The molecular weight excluding hydrogens is 234 g/mol. The maximum Gasteiger partial charge on any atom is 0.138 e. The van der Waals surface area contributed by atoms with Crippen LogP contribution in [0.4, 0.5) is 0 Å². The van der Waals surface area contributed by atoms with Gasteiger partial charge in [-0.05, 0) is 55.8 Å². The predicted octanol–water partition coefficient (Wildman–Crippen LogP) is 3.35. The Morgan fingerprint density at radius 2 is 2.12 bits per heavy atom. The number of nitrogens with one attached hydrogen (secondary N) is 1. The third-order valence-electron chi connectivity index (χ3n) is 3.54. The van der Waals surface area contributed by atoms with Crippen molar-refractivity contribution in [1.29, 1.82) is 0 Å². The Morgan fingerprint density at radius 1 is 1.24 bits per heavy atom. The average Bonchev–Trinajstić information content (AvgIpc) is 3.17. The van der Waals surface area contributed by atoms with E-state index >= 15 is 0 Å².